The maximum absolute atomic E-state index is 5.13. The molecule has 1 aliphatic rings. The van der Waals surface area contributed by atoms with Crippen LogP contribution in [-0.4, -0.2) is 19.7 Å². The highest BCUT2D eigenvalue weighted by atomic mass is 16.6. The highest BCUT2D eigenvalue weighted by Crippen LogP contribution is 2.28. The summed E-state index contributed by atoms with van der Waals surface area (Å²) in [5, 5.41) is 0. The zero-order valence-corrected chi connectivity index (χ0v) is 10.1. The Morgan fingerprint density at radius 3 is 3.00 bits per heavy atom. The van der Waals surface area contributed by atoms with E-state index < -0.39 is 0 Å². The Morgan fingerprint density at radius 2 is 2.25 bits per heavy atom. The van der Waals surface area contributed by atoms with Crippen molar-refractivity contribution in [3.05, 3.63) is 29.3 Å². The minimum atomic E-state index is 0.574. The second-order valence-corrected chi connectivity index (χ2v) is 4.65. The molecule has 0 aromatic heterocycles. The van der Waals surface area contributed by atoms with E-state index in [0.29, 0.717) is 12.5 Å². The summed E-state index contributed by atoms with van der Waals surface area (Å²) < 4.78 is 0. The van der Waals surface area contributed by atoms with Gasteiger partial charge < -0.3 is 9.74 Å². The van der Waals surface area contributed by atoms with Crippen LogP contribution in [0.25, 0.3) is 0 Å². The molecule has 3 nitrogen and oxygen atoms in total. The maximum Gasteiger partial charge on any atom is 0.0724 e. The highest BCUT2D eigenvalue weighted by molar-refractivity contribution is 5.56. The minimum Gasteiger partial charge on any atom is -0.371 e. The molecule has 88 valence electrons. The van der Waals surface area contributed by atoms with E-state index in [0.717, 1.165) is 13.1 Å². The molecule has 1 aromatic rings. The molecule has 1 aliphatic heterocycles. The summed E-state index contributed by atoms with van der Waals surface area (Å²) in [5.41, 5.74) is 4.10. The molecule has 1 atom stereocenters. The number of hydrogen-bond acceptors (Lipinski definition) is 3. The number of nitrogens with zero attached hydrogens (tertiary/aromatic N) is 1. The van der Waals surface area contributed by atoms with Crippen molar-refractivity contribution < 1.29 is 4.84 Å². The third kappa shape index (κ3) is 2.20. The molecule has 0 amide bonds. The van der Waals surface area contributed by atoms with Crippen LogP contribution in [0.5, 0.6) is 0 Å². The van der Waals surface area contributed by atoms with Crippen molar-refractivity contribution in [1.82, 2.24) is 0 Å². The van der Waals surface area contributed by atoms with Crippen molar-refractivity contribution in [2.45, 2.75) is 20.3 Å². The van der Waals surface area contributed by atoms with Crippen molar-refractivity contribution >= 4 is 5.69 Å². The topological polar surface area (TPSA) is 38.5 Å². The second-order valence-electron chi connectivity index (χ2n) is 4.65. The van der Waals surface area contributed by atoms with Crippen molar-refractivity contribution in [3.63, 3.8) is 0 Å². The lowest BCUT2D eigenvalue weighted by Gasteiger charge is -2.21. The Bertz CT molecular complexity index is 365. The number of benzene rings is 1. The predicted octanol–water partition coefficient (Wildman–Crippen LogP) is 2.02. The van der Waals surface area contributed by atoms with E-state index in [1.54, 1.807) is 0 Å². The Morgan fingerprint density at radius 1 is 1.44 bits per heavy atom. The number of anilines is 1. The van der Waals surface area contributed by atoms with Gasteiger partial charge in [-0.05, 0) is 37.5 Å². The molecule has 1 fully saturated rings. The molecule has 1 heterocycles. The molecule has 0 bridgehead atoms. The molecule has 0 saturated carbocycles. The smallest absolute Gasteiger partial charge is 0.0724 e. The zero-order valence-electron chi connectivity index (χ0n) is 10.1. The number of rotatable bonds is 3. The van der Waals surface area contributed by atoms with Crippen LogP contribution < -0.4 is 10.8 Å². The Balaban J connectivity index is 2.11. The average molecular weight is 220 g/mol. The first kappa shape index (κ1) is 11.4. The van der Waals surface area contributed by atoms with Gasteiger partial charge in [0.2, 0.25) is 0 Å². The lowest BCUT2D eigenvalue weighted by molar-refractivity contribution is 0.108. The van der Waals surface area contributed by atoms with Gasteiger partial charge in [-0.1, -0.05) is 12.1 Å². The Hall–Kier alpha value is -1.06. The molecule has 2 rings (SSSR count). The van der Waals surface area contributed by atoms with Crippen LogP contribution in [0, 0.1) is 19.8 Å². The van der Waals surface area contributed by atoms with Crippen LogP contribution >= 0.6 is 0 Å². The Labute approximate surface area is 97.1 Å². The summed E-state index contributed by atoms with van der Waals surface area (Å²) in [6, 6.07) is 6.49. The third-order valence-corrected chi connectivity index (χ3v) is 3.53. The Kier molecular flexibility index (Phi) is 3.46. The number of hydrogen-bond donors (Lipinski definition) is 1. The van der Waals surface area contributed by atoms with E-state index in [1.165, 1.54) is 23.2 Å². The maximum atomic E-state index is 5.13. The predicted molar refractivity (Wildman–Crippen MR) is 66.4 cm³/mol. The van der Waals surface area contributed by atoms with Crippen LogP contribution in [0.2, 0.25) is 0 Å². The van der Waals surface area contributed by atoms with Crippen LogP contribution in [0.1, 0.15) is 17.5 Å². The molecule has 1 saturated heterocycles. The van der Waals surface area contributed by atoms with E-state index >= 15 is 0 Å². The first-order valence-electron chi connectivity index (χ1n) is 5.85. The second kappa shape index (κ2) is 4.85. The largest absolute Gasteiger partial charge is 0.371 e. The van der Waals surface area contributed by atoms with Gasteiger partial charge in [0.1, 0.15) is 0 Å². The van der Waals surface area contributed by atoms with Crippen molar-refractivity contribution in [3.8, 4) is 0 Å². The summed E-state index contributed by atoms with van der Waals surface area (Å²) >= 11 is 0. The van der Waals surface area contributed by atoms with E-state index in [-0.39, 0.29) is 0 Å². The molecule has 0 radical (unpaired) electrons. The van der Waals surface area contributed by atoms with Gasteiger partial charge in [0.05, 0.1) is 6.61 Å². The highest BCUT2D eigenvalue weighted by Gasteiger charge is 2.23. The molecule has 16 heavy (non-hydrogen) atoms. The molecular weight excluding hydrogens is 200 g/mol. The van der Waals surface area contributed by atoms with Crippen LogP contribution in [0.3, 0.4) is 0 Å². The van der Waals surface area contributed by atoms with Crippen LogP contribution in [0.15, 0.2) is 18.2 Å². The normalized spacial score (nSPS) is 20.4. The van der Waals surface area contributed by atoms with Crippen LogP contribution in [-0.2, 0) is 4.84 Å². The monoisotopic (exact) mass is 220 g/mol. The van der Waals surface area contributed by atoms with Crippen molar-refractivity contribution in [2.24, 2.45) is 11.8 Å². The third-order valence-electron chi connectivity index (χ3n) is 3.53. The molecule has 1 aromatic carbocycles. The van der Waals surface area contributed by atoms with Crippen molar-refractivity contribution in [2.75, 3.05) is 24.6 Å². The van der Waals surface area contributed by atoms with Gasteiger partial charge in [0.15, 0.2) is 0 Å². The van der Waals surface area contributed by atoms with Gasteiger partial charge in [0, 0.05) is 24.7 Å². The summed E-state index contributed by atoms with van der Waals surface area (Å²) in [6.45, 7) is 7.19. The first-order valence-corrected chi connectivity index (χ1v) is 5.85. The van der Waals surface area contributed by atoms with E-state index in [4.69, 9.17) is 10.7 Å². The summed E-state index contributed by atoms with van der Waals surface area (Å²) in [6.07, 6.45) is 1.17. The first-order chi connectivity index (χ1) is 7.72. The quantitative estimate of drug-likeness (QED) is 0.792. The molecular formula is C13H20N2O. The van der Waals surface area contributed by atoms with Gasteiger partial charge in [-0.2, -0.15) is 0 Å². The number of nitrogens with two attached hydrogens (primary N) is 1. The summed E-state index contributed by atoms with van der Waals surface area (Å²) in [5.74, 6) is 5.70. The molecule has 0 aliphatic carbocycles. The molecule has 1 unspecified atom stereocenters. The van der Waals surface area contributed by atoms with Crippen LogP contribution in [0.4, 0.5) is 5.69 Å². The molecule has 3 heteroatoms. The van der Waals surface area contributed by atoms with E-state index in [1.807, 2.05) is 0 Å². The fourth-order valence-electron chi connectivity index (χ4n) is 2.40. The van der Waals surface area contributed by atoms with E-state index in [9.17, 15) is 0 Å². The average Bonchev–Trinajstić information content (AvgIpc) is 2.71. The van der Waals surface area contributed by atoms with Gasteiger partial charge in [-0.15, -0.1) is 0 Å². The molecule has 2 N–H and O–H groups in total. The van der Waals surface area contributed by atoms with Gasteiger partial charge >= 0.3 is 0 Å². The van der Waals surface area contributed by atoms with Crippen molar-refractivity contribution in [1.29, 1.82) is 0 Å². The fourth-order valence-corrected chi connectivity index (χ4v) is 2.40. The standard InChI is InChI=1S/C13H20N2O/c1-10-4-3-5-13(11(10)2)15-7-6-12(8-15)9-16-14/h3-5,12H,6-9,14H2,1-2H3. The zero-order chi connectivity index (χ0) is 11.5. The SMILES string of the molecule is Cc1cccc(N2CCC(CON)C2)c1C. The summed E-state index contributed by atoms with van der Waals surface area (Å²) in [4.78, 5) is 7.17. The van der Waals surface area contributed by atoms with E-state index in [2.05, 4.69) is 36.9 Å². The van der Waals surface area contributed by atoms with Gasteiger partial charge in [-0.3, -0.25) is 0 Å². The minimum absolute atomic E-state index is 0.574. The molecule has 0 spiro atoms. The number of aryl methyl sites for hydroxylation is 1. The fraction of sp³-hybridized carbons (Fsp3) is 0.538. The lowest BCUT2D eigenvalue weighted by Crippen LogP contribution is -2.22. The lowest BCUT2D eigenvalue weighted by atomic mass is 10.1. The van der Waals surface area contributed by atoms with Gasteiger partial charge in [-0.25, -0.2) is 5.90 Å². The van der Waals surface area contributed by atoms with Gasteiger partial charge in [0.25, 0.3) is 0 Å². The summed E-state index contributed by atoms with van der Waals surface area (Å²) in [7, 11) is 0.